The second-order valence-corrected chi connectivity index (χ2v) is 4.62. The summed E-state index contributed by atoms with van der Waals surface area (Å²) in [4.78, 5) is 26.5. The Labute approximate surface area is 86.4 Å². The molecule has 1 rings (SSSR count). The first-order chi connectivity index (χ1) is 6.60. The number of carbonyl (C=O) groups is 1. The fraction of sp³-hybridized carbons (Fsp3) is 0.375. The molecule has 0 saturated heterocycles. The number of rotatable bonds is 1. The molecule has 0 spiro atoms. The van der Waals surface area contributed by atoms with E-state index in [9.17, 15) is 9.59 Å². The summed E-state index contributed by atoms with van der Waals surface area (Å²) in [5.41, 5.74) is -0.237. The summed E-state index contributed by atoms with van der Waals surface area (Å²) in [5.74, 6) is -0.451. The summed E-state index contributed by atoms with van der Waals surface area (Å²) in [6, 6.07) is 1.31. The van der Waals surface area contributed by atoms with E-state index in [-0.39, 0.29) is 20.1 Å². The van der Waals surface area contributed by atoms with Gasteiger partial charge in [-0.2, -0.15) is 0 Å². The minimum atomic E-state index is -0.451. The number of nitrogens with zero attached hydrogens (tertiary/aromatic N) is 2. The number of methoxy groups -OCH3 is 1. The van der Waals surface area contributed by atoms with E-state index in [1.165, 1.54) is 17.7 Å². The van der Waals surface area contributed by atoms with E-state index in [0.717, 1.165) is 0 Å². The molecule has 0 aromatic carbocycles. The van der Waals surface area contributed by atoms with E-state index in [1.54, 1.807) is 14.1 Å². The van der Waals surface area contributed by atoms with Gasteiger partial charge in [-0.05, 0) is 0 Å². The van der Waals surface area contributed by atoms with Gasteiger partial charge in [-0.1, -0.05) is 0 Å². The molecular weight excluding hydrogens is 251 g/mol. The van der Waals surface area contributed by atoms with Gasteiger partial charge in [0.2, 0.25) is 0 Å². The van der Waals surface area contributed by atoms with Gasteiger partial charge >= 0.3 is 86.0 Å². The third-order valence-electron chi connectivity index (χ3n) is 1.65. The molecule has 76 valence electrons. The molecule has 1 aromatic rings. The maximum absolute atomic E-state index is 11.4. The van der Waals surface area contributed by atoms with E-state index in [0.29, 0.717) is 8.80 Å². The Bertz CT molecular complexity index is 472. The first-order valence-electron chi connectivity index (χ1n) is 3.82. The van der Waals surface area contributed by atoms with Crippen LogP contribution in [0.1, 0.15) is 9.23 Å². The topological polar surface area (TPSA) is 60.7 Å². The first-order valence-corrected chi connectivity index (χ1v) is 5.53. The number of esters is 1. The molecule has 5 nitrogen and oxygen atoms in total. The van der Waals surface area contributed by atoms with Crippen LogP contribution in [0.2, 0.25) is 0 Å². The molecule has 0 saturated carbocycles. The third kappa shape index (κ3) is 2.02. The molecule has 0 aliphatic carbocycles. The summed E-state index contributed by atoms with van der Waals surface area (Å²) in [6.45, 7) is 0. The predicted molar refractivity (Wildman–Crippen MR) is 51.4 cm³/mol. The van der Waals surface area contributed by atoms with Gasteiger partial charge in [0, 0.05) is 0 Å². The van der Waals surface area contributed by atoms with Crippen molar-refractivity contribution in [1.29, 1.82) is 0 Å². The zero-order valence-electron chi connectivity index (χ0n) is 8.10. The van der Waals surface area contributed by atoms with Crippen LogP contribution in [0.4, 0.5) is 0 Å². The molecule has 0 aliphatic rings. The molecule has 1 aromatic heterocycles. The van der Waals surface area contributed by atoms with Gasteiger partial charge in [0.25, 0.3) is 0 Å². The van der Waals surface area contributed by atoms with E-state index in [4.69, 9.17) is 0 Å². The molecule has 0 fully saturated rings. The maximum atomic E-state index is 11.4. The Balaban J connectivity index is 3.46. The normalized spacial score (nSPS) is 11.5. The third-order valence-corrected chi connectivity index (χ3v) is 4.05. The molecule has 0 N–H and O–H groups in total. The molecule has 0 atom stereocenters. The molecule has 0 radical (unpaired) electrons. The first kappa shape index (κ1) is 10.9. The van der Waals surface area contributed by atoms with Crippen LogP contribution in [-0.2, 0) is 11.8 Å². The number of carbonyl (C=O) groups excluding carboxylic acids is 1. The Hall–Kier alpha value is -1.13. The van der Waals surface area contributed by atoms with Crippen molar-refractivity contribution in [2.75, 3.05) is 14.2 Å². The van der Waals surface area contributed by atoms with Crippen molar-refractivity contribution in [1.82, 2.24) is 4.57 Å². The summed E-state index contributed by atoms with van der Waals surface area (Å²) in [6.07, 6.45) is 0. The number of aromatic nitrogens is 1. The summed E-state index contributed by atoms with van der Waals surface area (Å²) in [7, 11) is 4.53. The van der Waals surface area contributed by atoms with Crippen molar-refractivity contribution in [3.05, 3.63) is 25.2 Å². The molecule has 6 heteroatoms. The van der Waals surface area contributed by atoms with Crippen molar-refractivity contribution >= 4 is 20.5 Å². The van der Waals surface area contributed by atoms with Gasteiger partial charge in [-0.15, -0.1) is 0 Å². The zero-order chi connectivity index (χ0) is 10.7. The van der Waals surface area contributed by atoms with E-state index in [1.807, 2.05) is 0 Å². The van der Waals surface area contributed by atoms with Crippen molar-refractivity contribution in [3.63, 3.8) is 0 Å². The second-order valence-electron chi connectivity index (χ2n) is 2.51. The Kier molecular flexibility index (Phi) is 3.43. The minimum absolute atomic E-state index is 0.237. The van der Waals surface area contributed by atoms with E-state index >= 15 is 0 Å². The molecule has 0 aliphatic heterocycles. The van der Waals surface area contributed by atoms with Gasteiger partial charge in [-0.3, -0.25) is 0 Å². The van der Waals surface area contributed by atoms with Crippen molar-refractivity contribution in [2.45, 2.75) is 0 Å². The van der Waals surface area contributed by atoms with Crippen LogP contribution < -0.4 is 9.92 Å². The Morgan fingerprint density at radius 2 is 2.29 bits per heavy atom. The standard InChI is InChI=1S/C8H10N2O3Se/c1-9-8-10(2)6(11)4-5(14-8)7(12)13-3/h4H,1-3H3. The Morgan fingerprint density at radius 3 is 2.79 bits per heavy atom. The number of ether oxygens (including phenoxy) is 1. The van der Waals surface area contributed by atoms with Crippen LogP contribution >= 0.6 is 0 Å². The molecule has 0 unspecified atom stereocenters. The van der Waals surface area contributed by atoms with Crippen molar-refractivity contribution in [2.24, 2.45) is 12.0 Å². The van der Waals surface area contributed by atoms with Gasteiger partial charge in [-0.25, -0.2) is 0 Å². The van der Waals surface area contributed by atoms with Gasteiger partial charge in [0.1, 0.15) is 0 Å². The molecule has 0 bridgehead atoms. The van der Waals surface area contributed by atoms with Gasteiger partial charge < -0.3 is 0 Å². The van der Waals surface area contributed by atoms with Crippen LogP contribution in [-0.4, -0.2) is 39.2 Å². The van der Waals surface area contributed by atoms with Crippen LogP contribution in [0.5, 0.6) is 0 Å². The van der Waals surface area contributed by atoms with Gasteiger partial charge in [0.15, 0.2) is 0 Å². The van der Waals surface area contributed by atoms with E-state index < -0.39 is 5.97 Å². The molecular formula is C8H10N2O3Se. The average Bonchev–Trinajstić information content (AvgIpc) is 2.20. The number of hydrogen-bond acceptors (Lipinski definition) is 4. The Morgan fingerprint density at radius 1 is 1.64 bits per heavy atom. The fourth-order valence-corrected chi connectivity index (χ4v) is 2.66. The summed E-state index contributed by atoms with van der Waals surface area (Å²) < 4.78 is 7.02. The quantitative estimate of drug-likeness (QED) is 0.469. The average molecular weight is 261 g/mol. The monoisotopic (exact) mass is 262 g/mol. The molecule has 0 amide bonds. The zero-order valence-corrected chi connectivity index (χ0v) is 9.82. The SMILES string of the molecule is CN=c1[se]c(C(=O)OC)cc(=O)n1C. The van der Waals surface area contributed by atoms with E-state index in [2.05, 4.69) is 9.73 Å². The van der Waals surface area contributed by atoms with Crippen LogP contribution in [0.25, 0.3) is 0 Å². The fourth-order valence-electron chi connectivity index (χ4n) is 0.896. The summed E-state index contributed by atoms with van der Waals surface area (Å²) in [5, 5.41) is 0. The predicted octanol–water partition coefficient (Wildman–Crippen LogP) is -1.24. The second kappa shape index (κ2) is 4.39. The van der Waals surface area contributed by atoms with Crippen LogP contribution in [0, 0.1) is 0 Å². The molecule has 14 heavy (non-hydrogen) atoms. The van der Waals surface area contributed by atoms with Crippen LogP contribution in [0.15, 0.2) is 15.9 Å². The number of hydrogen-bond donors (Lipinski definition) is 0. The van der Waals surface area contributed by atoms with Crippen molar-refractivity contribution < 1.29 is 9.53 Å². The van der Waals surface area contributed by atoms with Gasteiger partial charge in [0.05, 0.1) is 0 Å². The summed E-state index contributed by atoms with van der Waals surface area (Å²) >= 11 is -0.246. The van der Waals surface area contributed by atoms with Crippen LogP contribution in [0.3, 0.4) is 0 Å². The van der Waals surface area contributed by atoms with Crippen molar-refractivity contribution in [3.8, 4) is 0 Å². The molecule has 1 heterocycles.